The molecule has 2 heterocycles. The average molecular weight is 371 g/mol. The maximum Gasteiger partial charge on any atom is 0.248 e. The molecule has 0 unspecified atom stereocenters. The van der Waals surface area contributed by atoms with E-state index < -0.39 is 0 Å². The third kappa shape index (κ3) is 3.78. The minimum atomic E-state index is -0.162. The van der Waals surface area contributed by atoms with Gasteiger partial charge in [0.1, 0.15) is 15.4 Å². The van der Waals surface area contributed by atoms with Crippen LogP contribution in [-0.4, -0.2) is 15.9 Å². The predicted molar refractivity (Wildman–Crippen MR) is 112 cm³/mol. The van der Waals surface area contributed by atoms with Gasteiger partial charge in [-0.25, -0.2) is 9.97 Å². The number of aromatic nitrogens is 2. The van der Waals surface area contributed by atoms with Crippen molar-refractivity contribution in [2.75, 3.05) is 5.32 Å². The first-order valence-corrected chi connectivity index (χ1v) is 9.38. The smallest absolute Gasteiger partial charge is 0.248 e. The number of fused-ring (bicyclic) bond motifs is 1. The normalized spacial score (nSPS) is 11.1. The van der Waals surface area contributed by atoms with E-state index in [-0.39, 0.29) is 5.91 Å². The van der Waals surface area contributed by atoms with Crippen LogP contribution in [0.4, 0.5) is 5.69 Å². The van der Waals surface area contributed by atoms with Crippen LogP contribution in [0.15, 0.2) is 72.9 Å². The van der Waals surface area contributed by atoms with E-state index in [1.54, 1.807) is 29.7 Å². The number of thiazole rings is 1. The largest absolute Gasteiger partial charge is 0.322 e. The van der Waals surface area contributed by atoms with Crippen molar-refractivity contribution in [3.05, 3.63) is 84.1 Å². The van der Waals surface area contributed by atoms with Crippen LogP contribution < -0.4 is 5.32 Å². The lowest BCUT2D eigenvalue weighted by Crippen LogP contribution is -2.09. The molecule has 4 rings (SSSR count). The van der Waals surface area contributed by atoms with Crippen LogP contribution in [0, 0.1) is 6.92 Å². The van der Waals surface area contributed by atoms with Gasteiger partial charge < -0.3 is 5.32 Å². The molecule has 1 N–H and O–H groups in total. The molecule has 0 aliphatic carbocycles. The van der Waals surface area contributed by atoms with E-state index in [0.717, 1.165) is 37.7 Å². The molecule has 5 heteroatoms. The predicted octanol–water partition coefficient (Wildman–Crippen LogP) is 5.32. The van der Waals surface area contributed by atoms with Gasteiger partial charge in [0.25, 0.3) is 0 Å². The number of carbonyl (C=O) groups is 1. The molecule has 1 amide bonds. The lowest BCUT2D eigenvalue weighted by Gasteiger charge is -2.10. The van der Waals surface area contributed by atoms with Crippen molar-refractivity contribution in [1.29, 1.82) is 0 Å². The molecule has 132 valence electrons. The van der Waals surface area contributed by atoms with Gasteiger partial charge in [0.2, 0.25) is 5.91 Å². The molecular weight excluding hydrogens is 354 g/mol. The standard InChI is InChI=1S/C22H17N3OS/c1-15-17(21-25-19-11-6-14-23-22(19)27-21)9-5-10-18(15)24-20(26)13-12-16-7-3-2-4-8-16/h2-14H,1H3,(H,24,26)/b13-12+. The molecule has 0 aliphatic rings. The maximum absolute atomic E-state index is 12.3. The fourth-order valence-electron chi connectivity index (χ4n) is 2.80. The minimum Gasteiger partial charge on any atom is -0.322 e. The molecule has 0 atom stereocenters. The number of benzene rings is 2. The Morgan fingerprint density at radius 3 is 2.70 bits per heavy atom. The van der Waals surface area contributed by atoms with Gasteiger partial charge in [0, 0.05) is 23.5 Å². The van der Waals surface area contributed by atoms with Gasteiger partial charge in [-0.2, -0.15) is 0 Å². The molecule has 2 aromatic carbocycles. The van der Waals surface area contributed by atoms with Gasteiger partial charge in [-0.15, -0.1) is 0 Å². The fourth-order valence-corrected chi connectivity index (χ4v) is 3.79. The molecule has 0 saturated carbocycles. The molecule has 0 aliphatic heterocycles. The van der Waals surface area contributed by atoms with Crippen LogP contribution in [0.3, 0.4) is 0 Å². The van der Waals surface area contributed by atoms with E-state index in [9.17, 15) is 4.79 Å². The summed E-state index contributed by atoms with van der Waals surface area (Å²) in [6.07, 6.45) is 5.11. The van der Waals surface area contributed by atoms with Crippen molar-refractivity contribution < 1.29 is 4.79 Å². The van der Waals surface area contributed by atoms with Gasteiger partial charge in [-0.3, -0.25) is 4.79 Å². The number of amides is 1. The van der Waals surface area contributed by atoms with Crippen molar-refractivity contribution >= 4 is 39.4 Å². The Balaban J connectivity index is 1.58. The van der Waals surface area contributed by atoms with Gasteiger partial charge in [0.05, 0.1) is 0 Å². The van der Waals surface area contributed by atoms with Crippen molar-refractivity contribution in [3.63, 3.8) is 0 Å². The highest BCUT2D eigenvalue weighted by atomic mass is 32.1. The van der Waals surface area contributed by atoms with E-state index in [4.69, 9.17) is 0 Å². The number of carbonyl (C=O) groups excluding carboxylic acids is 1. The Bertz CT molecular complexity index is 1100. The van der Waals surface area contributed by atoms with Crippen LogP contribution >= 0.6 is 11.3 Å². The SMILES string of the molecule is Cc1c(NC(=O)/C=C/c2ccccc2)cccc1-c1nc2cccnc2s1. The zero-order valence-electron chi connectivity index (χ0n) is 14.7. The molecule has 0 radical (unpaired) electrons. The minimum absolute atomic E-state index is 0.162. The lowest BCUT2D eigenvalue weighted by molar-refractivity contribution is -0.111. The van der Waals surface area contributed by atoms with E-state index in [0.29, 0.717) is 0 Å². The monoisotopic (exact) mass is 371 g/mol. The van der Waals surface area contributed by atoms with Crippen LogP contribution in [-0.2, 0) is 4.79 Å². The lowest BCUT2D eigenvalue weighted by atomic mass is 10.1. The Kier molecular flexibility index (Phi) is 4.77. The van der Waals surface area contributed by atoms with E-state index >= 15 is 0 Å². The van der Waals surface area contributed by atoms with Crippen molar-refractivity contribution in [2.24, 2.45) is 0 Å². The number of anilines is 1. The molecule has 27 heavy (non-hydrogen) atoms. The van der Waals surface area contributed by atoms with Crippen LogP contribution in [0.5, 0.6) is 0 Å². The van der Waals surface area contributed by atoms with E-state index in [2.05, 4.69) is 15.3 Å². The number of nitrogens with one attached hydrogen (secondary N) is 1. The Morgan fingerprint density at radius 1 is 1.04 bits per heavy atom. The number of hydrogen-bond acceptors (Lipinski definition) is 4. The molecule has 0 saturated heterocycles. The second kappa shape index (κ2) is 7.51. The van der Waals surface area contributed by atoms with Gasteiger partial charge >= 0.3 is 0 Å². The summed E-state index contributed by atoms with van der Waals surface area (Å²) < 4.78 is 0. The Morgan fingerprint density at radius 2 is 1.89 bits per heavy atom. The van der Waals surface area contributed by atoms with Gasteiger partial charge in [0.15, 0.2) is 0 Å². The summed E-state index contributed by atoms with van der Waals surface area (Å²) in [7, 11) is 0. The average Bonchev–Trinajstić information content (AvgIpc) is 3.13. The first kappa shape index (κ1) is 17.1. The van der Waals surface area contributed by atoms with E-state index in [1.165, 1.54) is 0 Å². The molecule has 4 aromatic rings. The second-order valence-electron chi connectivity index (χ2n) is 6.06. The van der Waals surface area contributed by atoms with Gasteiger partial charge in [-0.05, 0) is 42.3 Å². The van der Waals surface area contributed by atoms with Gasteiger partial charge in [-0.1, -0.05) is 53.8 Å². The fraction of sp³-hybridized carbons (Fsp3) is 0.0455. The molecule has 4 nitrogen and oxygen atoms in total. The molecule has 0 spiro atoms. The summed E-state index contributed by atoms with van der Waals surface area (Å²) in [5.74, 6) is -0.162. The highest BCUT2D eigenvalue weighted by molar-refractivity contribution is 7.21. The highest BCUT2D eigenvalue weighted by Crippen LogP contribution is 2.33. The molecule has 0 fully saturated rings. The first-order chi connectivity index (χ1) is 13.2. The highest BCUT2D eigenvalue weighted by Gasteiger charge is 2.12. The number of pyridine rings is 1. The summed E-state index contributed by atoms with van der Waals surface area (Å²) in [6, 6.07) is 19.4. The summed E-state index contributed by atoms with van der Waals surface area (Å²) in [4.78, 5) is 22.2. The number of rotatable bonds is 4. The maximum atomic E-state index is 12.3. The van der Waals surface area contributed by atoms with Crippen molar-refractivity contribution in [2.45, 2.75) is 6.92 Å². The summed E-state index contributed by atoms with van der Waals surface area (Å²) in [5, 5.41) is 3.86. The number of hydrogen-bond donors (Lipinski definition) is 1. The third-order valence-electron chi connectivity index (χ3n) is 4.22. The van der Waals surface area contributed by atoms with Crippen LogP contribution in [0.25, 0.3) is 27.0 Å². The Labute approximate surface area is 161 Å². The summed E-state index contributed by atoms with van der Waals surface area (Å²) in [6.45, 7) is 1.99. The summed E-state index contributed by atoms with van der Waals surface area (Å²) in [5.41, 5.74) is 4.64. The molecule has 0 bridgehead atoms. The van der Waals surface area contributed by atoms with Crippen LogP contribution in [0.1, 0.15) is 11.1 Å². The van der Waals surface area contributed by atoms with Crippen LogP contribution in [0.2, 0.25) is 0 Å². The Hall–Kier alpha value is -3.31. The summed E-state index contributed by atoms with van der Waals surface area (Å²) >= 11 is 1.55. The van der Waals surface area contributed by atoms with E-state index in [1.807, 2.05) is 67.6 Å². The second-order valence-corrected chi connectivity index (χ2v) is 7.04. The zero-order valence-corrected chi connectivity index (χ0v) is 15.5. The number of nitrogens with zero attached hydrogens (tertiary/aromatic N) is 2. The van der Waals surface area contributed by atoms with Crippen molar-refractivity contribution in [1.82, 2.24) is 9.97 Å². The molecular formula is C22H17N3OS. The van der Waals surface area contributed by atoms with Crippen molar-refractivity contribution in [3.8, 4) is 10.6 Å². The topological polar surface area (TPSA) is 54.9 Å². The molecule has 2 aromatic heterocycles. The third-order valence-corrected chi connectivity index (χ3v) is 5.23. The zero-order chi connectivity index (χ0) is 18.6. The first-order valence-electron chi connectivity index (χ1n) is 8.56. The quantitative estimate of drug-likeness (QED) is 0.494.